The summed E-state index contributed by atoms with van der Waals surface area (Å²) in [6.07, 6.45) is 3.76. The summed E-state index contributed by atoms with van der Waals surface area (Å²) in [7, 11) is 1.37. The zero-order valence-electron chi connectivity index (χ0n) is 12.0. The second-order valence-electron chi connectivity index (χ2n) is 5.44. The number of methoxy groups -OCH3 is 1. The van der Waals surface area contributed by atoms with Crippen LogP contribution < -0.4 is 0 Å². The Hall–Kier alpha value is -1.29. The molecule has 106 valence electrons. The predicted octanol–water partition coefficient (Wildman–Crippen LogP) is 3.25. The Morgan fingerprint density at radius 3 is 2.95 bits per heavy atom. The van der Waals surface area contributed by atoms with E-state index in [9.17, 15) is 4.79 Å². The van der Waals surface area contributed by atoms with Crippen LogP contribution in [0.4, 0.5) is 0 Å². The molecule has 0 aromatic carbocycles. The summed E-state index contributed by atoms with van der Waals surface area (Å²) in [6, 6.07) is 3.78. The van der Waals surface area contributed by atoms with Crippen molar-refractivity contribution in [3.8, 4) is 0 Å². The van der Waals surface area contributed by atoms with Crippen LogP contribution in [0.2, 0.25) is 0 Å². The van der Waals surface area contributed by atoms with Crippen molar-refractivity contribution in [2.45, 2.75) is 39.2 Å². The lowest BCUT2D eigenvalue weighted by Crippen LogP contribution is -2.27. The lowest BCUT2D eigenvalue weighted by molar-refractivity contribution is 0.0559. The predicted molar refractivity (Wildman–Crippen MR) is 73.1 cm³/mol. The first-order valence-corrected chi connectivity index (χ1v) is 7.04. The van der Waals surface area contributed by atoms with E-state index in [0.717, 1.165) is 24.8 Å². The van der Waals surface area contributed by atoms with Gasteiger partial charge >= 0.3 is 5.97 Å². The van der Waals surface area contributed by atoms with Gasteiger partial charge in [0.2, 0.25) is 5.76 Å². The molecular formula is C15H23NO3. The summed E-state index contributed by atoms with van der Waals surface area (Å²) in [5.41, 5.74) is 0. The van der Waals surface area contributed by atoms with Crippen molar-refractivity contribution in [1.82, 2.24) is 4.90 Å². The fraction of sp³-hybridized carbons (Fsp3) is 0.667. The topological polar surface area (TPSA) is 42.7 Å². The first-order valence-electron chi connectivity index (χ1n) is 7.04. The maximum absolute atomic E-state index is 11.4. The fourth-order valence-electron chi connectivity index (χ4n) is 2.64. The molecule has 1 aliphatic heterocycles. The average Bonchev–Trinajstić information content (AvgIpc) is 2.81. The molecule has 0 bridgehead atoms. The second-order valence-corrected chi connectivity index (χ2v) is 5.44. The molecule has 19 heavy (non-hydrogen) atoms. The van der Waals surface area contributed by atoms with Crippen molar-refractivity contribution >= 4 is 5.97 Å². The van der Waals surface area contributed by atoms with E-state index >= 15 is 0 Å². The quantitative estimate of drug-likeness (QED) is 0.787. The zero-order valence-corrected chi connectivity index (χ0v) is 12.0. The summed E-state index contributed by atoms with van der Waals surface area (Å²) in [6.45, 7) is 6.64. The Kier molecular flexibility index (Phi) is 4.64. The van der Waals surface area contributed by atoms with E-state index in [2.05, 4.69) is 23.5 Å². The molecule has 0 spiro atoms. The van der Waals surface area contributed by atoms with Crippen LogP contribution in [-0.2, 0) is 4.74 Å². The highest BCUT2D eigenvalue weighted by Crippen LogP contribution is 2.27. The molecule has 1 saturated heterocycles. The lowest BCUT2D eigenvalue weighted by Gasteiger charge is -2.26. The van der Waals surface area contributed by atoms with Gasteiger partial charge in [-0.1, -0.05) is 6.92 Å². The highest BCUT2D eigenvalue weighted by molar-refractivity contribution is 5.86. The van der Waals surface area contributed by atoms with Crippen molar-refractivity contribution in [3.63, 3.8) is 0 Å². The monoisotopic (exact) mass is 265 g/mol. The van der Waals surface area contributed by atoms with Crippen LogP contribution >= 0.6 is 0 Å². The van der Waals surface area contributed by atoms with Gasteiger partial charge < -0.3 is 9.15 Å². The highest BCUT2D eigenvalue weighted by Gasteiger charge is 2.23. The molecular weight excluding hydrogens is 242 g/mol. The minimum absolute atomic E-state index is 0.212. The molecule has 2 heterocycles. The third kappa shape index (κ3) is 3.38. The lowest BCUT2D eigenvalue weighted by atomic mass is 10.0. The SMILES string of the molecule is COC(=O)c1ccc(C(C)N2CCCC(C)CC2)o1. The van der Waals surface area contributed by atoms with Crippen molar-refractivity contribution in [2.24, 2.45) is 5.92 Å². The molecule has 1 aromatic heterocycles. The number of hydrogen-bond donors (Lipinski definition) is 0. The molecule has 0 amide bonds. The van der Waals surface area contributed by atoms with Gasteiger partial charge in [0.05, 0.1) is 13.2 Å². The van der Waals surface area contributed by atoms with Gasteiger partial charge in [-0.05, 0) is 57.3 Å². The molecule has 1 fully saturated rings. The maximum atomic E-state index is 11.4. The Morgan fingerprint density at radius 2 is 2.21 bits per heavy atom. The number of furan rings is 1. The average molecular weight is 265 g/mol. The van der Waals surface area contributed by atoms with Gasteiger partial charge in [0.15, 0.2) is 0 Å². The third-order valence-electron chi connectivity index (χ3n) is 4.02. The van der Waals surface area contributed by atoms with Crippen molar-refractivity contribution < 1.29 is 13.9 Å². The van der Waals surface area contributed by atoms with Crippen LogP contribution in [0.15, 0.2) is 16.5 Å². The molecule has 0 radical (unpaired) electrons. The number of carbonyl (C=O) groups is 1. The van der Waals surface area contributed by atoms with Gasteiger partial charge in [-0.3, -0.25) is 4.90 Å². The molecule has 1 aromatic rings. The first kappa shape index (κ1) is 14.1. The van der Waals surface area contributed by atoms with Gasteiger partial charge in [-0.15, -0.1) is 0 Å². The molecule has 2 unspecified atom stereocenters. The molecule has 2 rings (SSSR count). The number of carbonyl (C=O) groups excluding carboxylic acids is 1. The van der Waals surface area contributed by atoms with Crippen LogP contribution in [0, 0.1) is 5.92 Å². The van der Waals surface area contributed by atoms with Crippen LogP contribution in [0.25, 0.3) is 0 Å². The Bertz CT molecular complexity index is 427. The smallest absolute Gasteiger partial charge is 0.373 e. The second kappa shape index (κ2) is 6.24. The van der Waals surface area contributed by atoms with Crippen LogP contribution in [0.3, 0.4) is 0 Å². The van der Waals surface area contributed by atoms with E-state index in [-0.39, 0.29) is 11.8 Å². The van der Waals surface area contributed by atoms with Gasteiger partial charge in [-0.25, -0.2) is 4.79 Å². The Labute approximate surface area is 114 Å². The number of nitrogens with zero attached hydrogens (tertiary/aromatic N) is 1. The largest absolute Gasteiger partial charge is 0.463 e. The Morgan fingerprint density at radius 1 is 1.42 bits per heavy atom. The maximum Gasteiger partial charge on any atom is 0.373 e. The molecule has 4 nitrogen and oxygen atoms in total. The summed E-state index contributed by atoms with van der Waals surface area (Å²) >= 11 is 0. The first-order chi connectivity index (χ1) is 9.11. The minimum atomic E-state index is -0.414. The summed E-state index contributed by atoms with van der Waals surface area (Å²) in [5, 5.41) is 0. The van der Waals surface area contributed by atoms with E-state index in [1.54, 1.807) is 6.07 Å². The van der Waals surface area contributed by atoms with Crippen molar-refractivity contribution in [1.29, 1.82) is 0 Å². The zero-order chi connectivity index (χ0) is 13.8. The van der Waals surface area contributed by atoms with Crippen LogP contribution in [0.5, 0.6) is 0 Å². The minimum Gasteiger partial charge on any atom is -0.463 e. The molecule has 0 saturated carbocycles. The molecule has 2 atom stereocenters. The van der Waals surface area contributed by atoms with Crippen molar-refractivity contribution in [3.05, 3.63) is 23.7 Å². The number of likely N-dealkylation sites (tertiary alicyclic amines) is 1. The van der Waals surface area contributed by atoms with E-state index in [4.69, 9.17) is 4.42 Å². The van der Waals surface area contributed by atoms with E-state index in [1.807, 2.05) is 6.07 Å². The molecule has 0 aliphatic carbocycles. The van der Waals surface area contributed by atoms with Gasteiger partial charge in [0.25, 0.3) is 0 Å². The fourth-order valence-corrected chi connectivity index (χ4v) is 2.64. The van der Waals surface area contributed by atoms with Crippen LogP contribution in [0.1, 0.15) is 55.5 Å². The Balaban J connectivity index is 2.04. The summed E-state index contributed by atoms with van der Waals surface area (Å²) in [5.74, 6) is 1.52. The number of esters is 1. The normalized spacial score (nSPS) is 22.8. The third-order valence-corrected chi connectivity index (χ3v) is 4.02. The molecule has 0 N–H and O–H groups in total. The standard InChI is InChI=1S/C15H23NO3/c1-11-5-4-9-16(10-8-11)12(2)13-6-7-14(19-13)15(17)18-3/h6-7,11-12H,4-5,8-10H2,1-3H3. The van der Waals surface area contributed by atoms with E-state index < -0.39 is 5.97 Å². The van der Waals surface area contributed by atoms with Gasteiger partial charge in [0, 0.05) is 0 Å². The van der Waals surface area contributed by atoms with E-state index in [1.165, 1.54) is 26.4 Å². The molecule has 1 aliphatic rings. The van der Waals surface area contributed by atoms with Crippen molar-refractivity contribution in [2.75, 3.05) is 20.2 Å². The van der Waals surface area contributed by atoms with E-state index in [0.29, 0.717) is 0 Å². The number of ether oxygens (including phenoxy) is 1. The summed E-state index contributed by atoms with van der Waals surface area (Å²) in [4.78, 5) is 13.8. The van der Waals surface area contributed by atoms with Gasteiger partial charge in [0.1, 0.15) is 5.76 Å². The summed E-state index contributed by atoms with van der Waals surface area (Å²) < 4.78 is 10.3. The van der Waals surface area contributed by atoms with Gasteiger partial charge in [-0.2, -0.15) is 0 Å². The number of rotatable bonds is 3. The molecule has 4 heteroatoms. The number of hydrogen-bond acceptors (Lipinski definition) is 4. The highest BCUT2D eigenvalue weighted by atomic mass is 16.5. The van der Waals surface area contributed by atoms with Crippen LogP contribution in [-0.4, -0.2) is 31.1 Å².